The fourth-order valence-corrected chi connectivity index (χ4v) is 3.86. The second-order valence-electron chi connectivity index (χ2n) is 7.49. The van der Waals surface area contributed by atoms with Gasteiger partial charge in [-0.25, -0.2) is 0 Å². The summed E-state index contributed by atoms with van der Waals surface area (Å²) in [5.41, 5.74) is 0.345. The van der Waals surface area contributed by atoms with Crippen LogP contribution in [-0.4, -0.2) is 53.9 Å². The van der Waals surface area contributed by atoms with Crippen molar-refractivity contribution in [2.75, 3.05) is 26.2 Å². The van der Waals surface area contributed by atoms with Gasteiger partial charge in [0, 0.05) is 19.3 Å². The molecule has 2 N–H and O–H groups in total. The predicted octanol–water partition coefficient (Wildman–Crippen LogP) is 1.29. The van der Waals surface area contributed by atoms with Gasteiger partial charge in [0.1, 0.15) is 11.7 Å². The molecule has 0 aliphatic carbocycles. The molecule has 2 fully saturated rings. The number of amides is 2. The first-order valence-corrected chi connectivity index (χ1v) is 9.27. The van der Waals surface area contributed by atoms with Crippen molar-refractivity contribution in [1.29, 1.82) is 0 Å². The zero-order valence-corrected chi connectivity index (χ0v) is 15.1. The van der Waals surface area contributed by atoms with E-state index >= 15 is 0 Å². The summed E-state index contributed by atoms with van der Waals surface area (Å²) in [7, 11) is 0. The summed E-state index contributed by atoms with van der Waals surface area (Å²) >= 11 is 0. The molecule has 6 heteroatoms. The number of nitrogens with one attached hydrogen (secondary N) is 2. The van der Waals surface area contributed by atoms with Crippen LogP contribution >= 0.6 is 0 Å². The number of pyridine rings is 1. The molecule has 0 aromatic carbocycles. The Hall–Kier alpha value is -1.95. The van der Waals surface area contributed by atoms with Crippen molar-refractivity contribution < 1.29 is 9.59 Å². The average molecular weight is 344 g/mol. The quantitative estimate of drug-likeness (QED) is 0.863. The molecule has 3 rings (SSSR count). The van der Waals surface area contributed by atoms with Gasteiger partial charge in [-0.15, -0.1) is 0 Å². The zero-order valence-electron chi connectivity index (χ0n) is 15.1. The second kappa shape index (κ2) is 7.95. The number of fused-ring (bicyclic) bond motifs is 1. The number of likely N-dealkylation sites (tertiary alicyclic amines) is 1. The van der Waals surface area contributed by atoms with E-state index in [0.29, 0.717) is 17.5 Å². The van der Waals surface area contributed by atoms with Gasteiger partial charge in [-0.05, 0) is 55.8 Å². The van der Waals surface area contributed by atoms with E-state index in [1.54, 1.807) is 24.4 Å². The van der Waals surface area contributed by atoms with E-state index in [1.165, 1.54) is 0 Å². The highest BCUT2D eigenvalue weighted by Gasteiger charge is 2.34. The Bertz CT molecular complexity index is 591. The lowest BCUT2D eigenvalue weighted by Crippen LogP contribution is -2.51. The van der Waals surface area contributed by atoms with Crippen LogP contribution in [0.1, 0.15) is 37.2 Å². The van der Waals surface area contributed by atoms with Crippen LogP contribution in [0.2, 0.25) is 0 Å². The number of nitrogens with zero attached hydrogens (tertiary/aromatic N) is 2. The summed E-state index contributed by atoms with van der Waals surface area (Å²) in [5.74, 6) is 1.14. The summed E-state index contributed by atoms with van der Waals surface area (Å²) in [5, 5.41) is 6.35. The van der Waals surface area contributed by atoms with Gasteiger partial charge in [-0.2, -0.15) is 0 Å². The molecule has 1 aromatic rings. The number of carbonyl (C=O) groups excluding carboxylic acids is 2. The number of hydrogen-bond donors (Lipinski definition) is 2. The van der Waals surface area contributed by atoms with Gasteiger partial charge in [0.15, 0.2) is 0 Å². The number of aromatic nitrogens is 1. The Kier molecular flexibility index (Phi) is 5.68. The Morgan fingerprint density at radius 1 is 1.20 bits per heavy atom. The number of hydrogen-bond acceptors (Lipinski definition) is 4. The molecule has 0 saturated carbocycles. The molecular weight excluding hydrogens is 316 g/mol. The minimum absolute atomic E-state index is 0.0320. The molecule has 3 atom stereocenters. The lowest BCUT2D eigenvalue weighted by atomic mass is 9.92. The van der Waals surface area contributed by atoms with Gasteiger partial charge in [0.2, 0.25) is 5.91 Å². The van der Waals surface area contributed by atoms with Crippen LogP contribution in [-0.2, 0) is 4.79 Å². The zero-order chi connectivity index (χ0) is 17.8. The normalized spacial score (nSPS) is 24.5. The first-order valence-electron chi connectivity index (χ1n) is 9.27. The summed E-state index contributed by atoms with van der Waals surface area (Å²) in [6.07, 6.45) is 3.67. The van der Waals surface area contributed by atoms with E-state index in [1.807, 2.05) is 18.7 Å². The third-order valence-electron chi connectivity index (χ3n) is 5.45. The van der Waals surface area contributed by atoms with E-state index in [9.17, 15) is 9.59 Å². The Balaban J connectivity index is 1.65. The number of rotatable bonds is 4. The van der Waals surface area contributed by atoms with Crippen LogP contribution in [0.5, 0.6) is 0 Å². The molecule has 2 saturated heterocycles. The monoisotopic (exact) mass is 344 g/mol. The Morgan fingerprint density at radius 2 is 1.88 bits per heavy atom. The molecule has 6 nitrogen and oxygen atoms in total. The van der Waals surface area contributed by atoms with Crippen LogP contribution < -0.4 is 10.6 Å². The van der Waals surface area contributed by atoms with E-state index in [4.69, 9.17) is 0 Å². The maximum atomic E-state index is 13.1. The van der Waals surface area contributed by atoms with Crippen molar-refractivity contribution in [2.24, 2.45) is 17.8 Å². The fraction of sp³-hybridized carbons (Fsp3) is 0.632. The van der Waals surface area contributed by atoms with E-state index in [-0.39, 0.29) is 17.7 Å². The van der Waals surface area contributed by atoms with Gasteiger partial charge in [0.05, 0.1) is 0 Å². The van der Waals surface area contributed by atoms with Crippen molar-refractivity contribution in [2.45, 2.75) is 32.7 Å². The molecule has 2 aliphatic heterocycles. The van der Waals surface area contributed by atoms with E-state index in [0.717, 1.165) is 39.0 Å². The molecule has 2 amide bonds. The Labute approximate surface area is 149 Å². The van der Waals surface area contributed by atoms with Crippen LogP contribution in [0.15, 0.2) is 24.4 Å². The third-order valence-corrected chi connectivity index (χ3v) is 5.45. The first kappa shape index (κ1) is 17.9. The SMILES string of the molecule is CC(C)C(NC(=O)c1ccccn1)C(=O)N1CC[C@@H]2CNC[C@@H]2CC1. The molecule has 0 spiro atoms. The van der Waals surface area contributed by atoms with Gasteiger partial charge in [-0.1, -0.05) is 19.9 Å². The lowest BCUT2D eigenvalue weighted by molar-refractivity contribution is -0.134. The topological polar surface area (TPSA) is 74.3 Å². The average Bonchev–Trinajstić information content (AvgIpc) is 2.97. The van der Waals surface area contributed by atoms with Gasteiger partial charge in [0.25, 0.3) is 5.91 Å². The smallest absolute Gasteiger partial charge is 0.270 e. The number of carbonyl (C=O) groups is 2. The maximum absolute atomic E-state index is 13.1. The van der Waals surface area contributed by atoms with Crippen molar-refractivity contribution in [3.05, 3.63) is 30.1 Å². The van der Waals surface area contributed by atoms with Crippen molar-refractivity contribution in [3.63, 3.8) is 0 Å². The molecule has 1 aromatic heterocycles. The highest BCUT2D eigenvalue weighted by molar-refractivity contribution is 5.96. The molecule has 3 heterocycles. The fourth-order valence-electron chi connectivity index (χ4n) is 3.86. The maximum Gasteiger partial charge on any atom is 0.270 e. The van der Waals surface area contributed by atoms with Crippen LogP contribution in [0, 0.1) is 17.8 Å². The van der Waals surface area contributed by atoms with Crippen molar-refractivity contribution in [1.82, 2.24) is 20.5 Å². The molecule has 136 valence electrons. The minimum Gasteiger partial charge on any atom is -0.341 e. The largest absolute Gasteiger partial charge is 0.341 e. The highest BCUT2D eigenvalue weighted by Crippen LogP contribution is 2.27. The van der Waals surface area contributed by atoms with Crippen molar-refractivity contribution in [3.8, 4) is 0 Å². The van der Waals surface area contributed by atoms with E-state index in [2.05, 4.69) is 15.6 Å². The highest BCUT2D eigenvalue weighted by atomic mass is 16.2. The minimum atomic E-state index is -0.509. The lowest BCUT2D eigenvalue weighted by Gasteiger charge is -2.29. The standard InChI is InChI=1S/C19H28N4O2/c1-13(2)17(22-18(24)16-5-3-4-8-21-16)19(25)23-9-6-14-11-20-12-15(14)7-10-23/h3-5,8,13-15,17,20H,6-7,9-12H2,1-2H3,(H,22,24)/t14-,15+,17?. The molecule has 25 heavy (non-hydrogen) atoms. The van der Waals surface area contributed by atoms with Gasteiger partial charge < -0.3 is 15.5 Å². The first-order chi connectivity index (χ1) is 12.1. The molecule has 0 radical (unpaired) electrons. The molecule has 2 aliphatic rings. The van der Waals surface area contributed by atoms with Gasteiger partial charge in [-0.3, -0.25) is 14.6 Å². The van der Waals surface area contributed by atoms with Crippen molar-refractivity contribution >= 4 is 11.8 Å². The summed E-state index contributed by atoms with van der Waals surface area (Å²) in [6.45, 7) is 7.64. The van der Waals surface area contributed by atoms with Crippen LogP contribution in [0.25, 0.3) is 0 Å². The van der Waals surface area contributed by atoms with E-state index < -0.39 is 6.04 Å². The molecule has 1 unspecified atom stereocenters. The summed E-state index contributed by atoms with van der Waals surface area (Å²) in [6, 6.07) is 4.70. The molecule has 0 bridgehead atoms. The van der Waals surface area contributed by atoms with Gasteiger partial charge >= 0.3 is 0 Å². The van der Waals surface area contributed by atoms with Crippen LogP contribution in [0.3, 0.4) is 0 Å². The van der Waals surface area contributed by atoms with Crippen LogP contribution in [0.4, 0.5) is 0 Å². The predicted molar refractivity (Wildman–Crippen MR) is 96.0 cm³/mol. The summed E-state index contributed by atoms with van der Waals surface area (Å²) in [4.78, 5) is 31.5. The third kappa shape index (κ3) is 4.18. The molecular formula is C19H28N4O2. The Morgan fingerprint density at radius 3 is 2.44 bits per heavy atom. The second-order valence-corrected chi connectivity index (χ2v) is 7.49. The summed E-state index contributed by atoms with van der Waals surface area (Å²) < 4.78 is 0.